The lowest BCUT2D eigenvalue weighted by atomic mass is 9.78. The maximum Gasteiger partial charge on any atom is 0.243 e. The number of nitrogens with one attached hydrogen (secondary N) is 1. The second-order valence-electron chi connectivity index (χ2n) is 9.99. The Kier molecular flexibility index (Phi) is 8.01. The molecule has 6 heteroatoms. The second-order valence-corrected chi connectivity index (χ2v) is 9.99. The predicted molar refractivity (Wildman–Crippen MR) is 135 cm³/mol. The highest BCUT2D eigenvalue weighted by molar-refractivity contribution is 5.90. The number of piperidine rings is 1. The van der Waals surface area contributed by atoms with Crippen molar-refractivity contribution in [1.29, 1.82) is 0 Å². The lowest BCUT2D eigenvalue weighted by Gasteiger charge is -2.46. The summed E-state index contributed by atoms with van der Waals surface area (Å²) in [5.41, 5.74) is 2.20. The van der Waals surface area contributed by atoms with E-state index in [1.807, 2.05) is 17.0 Å². The number of nitrogens with zero attached hydrogens (tertiary/aromatic N) is 3. The third-order valence-electron chi connectivity index (χ3n) is 7.56. The second kappa shape index (κ2) is 11.2. The molecule has 34 heavy (non-hydrogen) atoms. The van der Waals surface area contributed by atoms with Crippen molar-refractivity contribution in [3.8, 4) is 0 Å². The third-order valence-corrected chi connectivity index (χ3v) is 7.56. The van der Waals surface area contributed by atoms with E-state index in [0.29, 0.717) is 13.1 Å². The molecule has 2 saturated heterocycles. The maximum atomic E-state index is 13.8. The van der Waals surface area contributed by atoms with Gasteiger partial charge in [0, 0.05) is 45.2 Å². The van der Waals surface area contributed by atoms with E-state index in [1.54, 1.807) is 7.05 Å². The molecule has 0 aromatic heterocycles. The first-order valence-electron chi connectivity index (χ1n) is 12.5. The normalized spacial score (nSPS) is 21.2. The number of amides is 2. The van der Waals surface area contributed by atoms with E-state index in [9.17, 15) is 9.59 Å². The Hall–Kier alpha value is -2.70. The van der Waals surface area contributed by atoms with Gasteiger partial charge in [0.25, 0.3) is 0 Å². The molecule has 0 aliphatic carbocycles. The summed E-state index contributed by atoms with van der Waals surface area (Å²) >= 11 is 0. The minimum atomic E-state index is -0.429. The molecule has 0 spiro atoms. The van der Waals surface area contributed by atoms with Crippen LogP contribution in [0.15, 0.2) is 60.7 Å². The molecule has 6 nitrogen and oxygen atoms in total. The van der Waals surface area contributed by atoms with E-state index in [4.69, 9.17) is 0 Å². The van der Waals surface area contributed by atoms with Gasteiger partial charge < -0.3 is 10.2 Å². The zero-order valence-electron chi connectivity index (χ0n) is 20.6. The molecular weight excluding hydrogens is 424 g/mol. The number of benzene rings is 2. The van der Waals surface area contributed by atoms with E-state index in [-0.39, 0.29) is 11.8 Å². The molecule has 4 rings (SSSR count). The van der Waals surface area contributed by atoms with E-state index >= 15 is 0 Å². The highest BCUT2D eigenvalue weighted by atomic mass is 16.2. The fraction of sp³-hybridized carbons (Fsp3) is 0.500. The lowest BCUT2D eigenvalue weighted by molar-refractivity contribution is -0.153. The summed E-state index contributed by atoms with van der Waals surface area (Å²) in [5.74, 6) is 0.0750. The standard InChI is InChI=1S/C28H38N4O2/c1-28(14-17-31(18-15-28)21-24-11-7-4-8-12-24)27(34)32-20-19-30(22-25(32)26(33)29-2)16-13-23-9-5-3-6-10-23/h3-12,25H,13-22H2,1-2H3,(H,29,33). The number of hydrogen-bond donors (Lipinski definition) is 1. The number of likely N-dealkylation sites (N-methyl/N-ethyl adjacent to an activating group) is 1. The number of hydrogen-bond acceptors (Lipinski definition) is 4. The summed E-state index contributed by atoms with van der Waals surface area (Å²) in [6.45, 7) is 7.72. The van der Waals surface area contributed by atoms with Crippen LogP contribution in [0.2, 0.25) is 0 Å². The maximum absolute atomic E-state index is 13.8. The SMILES string of the molecule is CNC(=O)C1CN(CCc2ccccc2)CCN1C(=O)C1(C)CCN(Cc2ccccc2)CC1. The third kappa shape index (κ3) is 5.86. The van der Waals surface area contributed by atoms with Gasteiger partial charge in [-0.25, -0.2) is 0 Å². The first-order chi connectivity index (χ1) is 16.5. The zero-order chi connectivity index (χ0) is 24.0. The van der Waals surface area contributed by atoms with Crippen LogP contribution < -0.4 is 5.32 Å². The zero-order valence-corrected chi connectivity index (χ0v) is 20.6. The van der Waals surface area contributed by atoms with E-state index in [1.165, 1.54) is 11.1 Å². The first kappa shape index (κ1) is 24.4. The molecule has 182 valence electrons. The van der Waals surface area contributed by atoms with Crippen molar-refractivity contribution in [2.24, 2.45) is 5.41 Å². The Morgan fingerprint density at radius 3 is 2.12 bits per heavy atom. The molecule has 0 radical (unpaired) electrons. The van der Waals surface area contributed by atoms with Crippen molar-refractivity contribution in [2.75, 3.05) is 46.3 Å². The minimum absolute atomic E-state index is 0.0668. The summed E-state index contributed by atoms with van der Waals surface area (Å²) < 4.78 is 0. The van der Waals surface area contributed by atoms with Gasteiger partial charge in [-0.1, -0.05) is 67.6 Å². The topological polar surface area (TPSA) is 55.9 Å². The molecule has 2 amide bonds. The highest BCUT2D eigenvalue weighted by Crippen LogP contribution is 2.35. The predicted octanol–water partition coefficient (Wildman–Crippen LogP) is 2.79. The van der Waals surface area contributed by atoms with Crippen molar-refractivity contribution in [3.63, 3.8) is 0 Å². The fourth-order valence-corrected chi connectivity index (χ4v) is 5.22. The molecule has 2 aromatic rings. The van der Waals surface area contributed by atoms with Crippen molar-refractivity contribution in [2.45, 2.75) is 38.8 Å². The summed E-state index contributed by atoms with van der Waals surface area (Å²) in [7, 11) is 1.66. The van der Waals surface area contributed by atoms with Crippen LogP contribution in [0.4, 0.5) is 0 Å². The Balaban J connectivity index is 1.36. The van der Waals surface area contributed by atoms with Crippen LogP contribution >= 0.6 is 0 Å². The Bertz CT molecular complexity index is 941. The number of carbonyl (C=O) groups excluding carboxylic acids is 2. The van der Waals surface area contributed by atoms with Gasteiger partial charge in [-0.3, -0.25) is 19.4 Å². The molecule has 2 aliphatic heterocycles. The van der Waals surface area contributed by atoms with Gasteiger partial charge in [-0.05, 0) is 43.5 Å². The van der Waals surface area contributed by atoms with Gasteiger partial charge in [0.05, 0.1) is 0 Å². The van der Waals surface area contributed by atoms with Crippen molar-refractivity contribution in [3.05, 3.63) is 71.8 Å². The Morgan fingerprint density at radius 2 is 1.50 bits per heavy atom. The van der Waals surface area contributed by atoms with Crippen LogP contribution in [0.25, 0.3) is 0 Å². The van der Waals surface area contributed by atoms with Crippen molar-refractivity contribution in [1.82, 2.24) is 20.0 Å². The summed E-state index contributed by atoms with van der Waals surface area (Å²) in [6, 6.07) is 20.5. The quantitative estimate of drug-likeness (QED) is 0.688. The molecule has 2 aromatic carbocycles. The minimum Gasteiger partial charge on any atom is -0.357 e. The lowest BCUT2D eigenvalue weighted by Crippen LogP contribution is -2.63. The van der Waals surface area contributed by atoms with Crippen LogP contribution in [0.5, 0.6) is 0 Å². The van der Waals surface area contributed by atoms with Crippen LogP contribution in [0.3, 0.4) is 0 Å². The van der Waals surface area contributed by atoms with Crippen molar-refractivity contribution < 1.29 is 9.59 Å². The van der Waals surface area contributed by atoms with Crippen LogP contribution in [0.1, 0.15) is 30.9 Å². The van der Waals surface area contributed by atoms with Gasteiger partial charge in [0.15, 0.2) is 0 Å². The summed E-state index contributed by atoms with van der Waals surface area (Å²) in [6.07, 6.45) is 2.60. The fourth-order valence-electron chi connectivity index (χ4n) is 5.22. The van der Waals surface area contributed by atoms with Crippen molar-refractivity contribution >= 4 is 11.8 Å². The largest absolute Gasteiger partial charge is 0.357 e. The molecule has 2 heterocycles. The molecule has 1 unspecified atom stereocenters. The molecule has 0 saturated carbocycles. The highest BCUT2D eigenvalue weighted by Gasteiger charge is 2.44. The number of piperazine rings is 1. The average molecular weight is 463 g/mol. The average Bonchev–Trinajstić information content (AvgIpc) is 2.89. The Morgan fingerprint density at radius 1 is 0.882 bits per heavy atom. The summed E-state index contributed by atoms with van der Waals surface area (Å²) in [5, 5.41) is 2.80. The number of carbonyl (C=O) groups is 2. The summed E-state index contributed by atoms with van der Waals surface area (Å²) in [4.78, 5) is 33.2. The van der Waals surface area contributed by atoms with E-state index in [0.717, 1.165) is 52.0 Å². The van der Waals surface area contributed by atoms with Gasteiger partial charge in [-0.2, -0.15) is 0 Å². The smallest absolute Gasteiger partial charge is 0.243 e. The van der Waals surface area contributed by atoms with Gasteiger partial charge in [0.2, 0.25) is 11.8 Å². The van der Waals surface area contributed by atoms with Gasteiger partial charge >= 0.3 is 0 Å². The number of likely N-dealkylation sites (tertiary alicyclic amines) is 1. The monoisotopic (exact) mass is 462 g/mol. The molecule has 2 fully saturated rings. The van der Waals surface area contributed by atoms with Gasteiger partial charge in [0.1, 0.15) is 6.04 Å². The molecule has 1 atom stereocenters. The van der Waals surface area contributed by atoms with E-state index < -0.39 is 11.5 Å². The van der Waals surface area contributed by atoms with Gasteiger partial charge in [-0.15, -0.1) is 0 Å². The molecular formula is C28H38N4O2. The first-order valence-corrected chi connectivity index (χ1v) is 12.5. The molecule has 0 bridgehead atoms. The van der Waals surface area contributed by atoms with Crippen LogP contribution in [0, 0.1) is 5.41 Å². The molecule has 2 aliphatic rings. The van der Waals surface area contributed by atoms with Crippen LogP contribution in [-0.4, -0.2) is 78.9 Å². The van der Waals surface area contributed by atoms with Crippen LogP contribution in [-0.2, 0) is 22.6 Å². The Labute approximate surface area is 203 Å². The van der Waals surface area contributed by atoms with E-state index in [2.05, 4.69) is 70.6 Å². The molecule has 1 N–H and O–H groups in total. The number of rotatable bonds is 7.